The van der Waals surface area contributed by atoms with Gasteiger partial charge in [-0.05, 0) is 49.4 Å². The number of aryl methyl sites for hydroxylation is 2. The summed E-state index contributed by atoms with van der Waals surface area (Å²) < 4.78 is 30.7. The Hall–Kier alpha value is -4.22. The topological polar surface area (TPSA) is 180 Å². The highest BCUT2D eigenvalue weighted by atomic mass is 35.5. The van der Waals surface area contributed by atoms with Crippen LogP contribution in [0.15, 0.2) is 38.5 Å². The van der Waals surface area contributed by atoms with Gasteiger partial charge in [0.05, 0.1) is 33.0 Å². The molecule has 0 radical (unpaired) electrons. The Morgan fingerprint density at radius 1 is 0.741 bits per heavy atom. The molecule has 54 heavy (non-hydrogen) atoms. The predicted molar refractivity (Wildman–Crippen MR) is 206 cm³/mol. The maximum absolute atomic E-state index is 12.7. The van der Waals surface area contributed by atoms with E-state index in [4.69, 9.17) is 31.0 Å². The number of nitrogens with one attached hydrogen (secondary N) is 2. The van der Waals surface area contributed by atoms with Gasteiger partial charge < -0.3 is 29.8 Å². The molecule has 8 heterocycles. The highest BCUT2D eigenvalue weighted by Gasteiger charge is 2.33. The van der Waals surface area contributed by atoms with Crippen LogP contribution in [0.1, 0.15) is 61.7 Å². The van der Waals surface area contributed by atoms with Crippen molar-refractivity contribution in [2.24, 2.45) is 0 Å². The molecule has 0 spiro atoms. The molecule has 18 heteroatoms. The van der Waals surface area contributed by atoms with Crippen LogP contribution >= 0.6 is 11.6 Å². The summed E-state index contributed by atoms with van der Waals surface area (Å²) in [5.41, 5.74) is 3.39. The standard InChI is InChI=1S/C24H28N6O3S.C12H15ClN4O2S/c1-29-14-16(6-7-20(29)31)25-22-21-18(10-13-34(21)32)27-24(28-22)30-11-8-15(9-12-30)23-26-17-4-2-3-5-19(17)33-23;1-17-6-7(2-3-9(17)18)14-11-10-8(4-5-20(10)19)15-12(13)16-11/h2-5,15-16H,6-14H2,1H3,(H,25,27,28);7H,2-6H2,1H3,(H,14,15,16)/t16-,34?;7-,20?/m00/s1. The summed E-state index contributed by atoms with van der Waals surface area (Å²) in [5.74, 6) is 4.48. The van der Waals surface area contributed by atoms with Crippen molar-refractivity contribution >= 4 is 73.7 Å². The number of rotatable bonds is 6. The van der Waals surface area contributed by atoms with Crippen molar-refractivity contribution in [3.63, 3.8) is 0 Å². The first-order chi connectivity index (χ1) is 26.1. The molecule has 0 saturated carbocycles. The number of hydrogen-bond acceptors (Lipinski definition) is 13. The lowest BCUT2D eigenvalue weighted by molar-refractivity contribution is -0.132. The molecule has 3 saturated heterocycles. The fourth-order valence-electron chi connectivity index (χ4n) is 7.73. The van der Waals surface area contributed by atoms with Gasteiger partial charge in [0.15, 0.2) is 11.5 Å². The largest absolute Gasteiger partial charge is 0.440 e. The zero-order chi connectivity index (χ0) is 37.5. The molecule has 5 aliphatic rings. The lowest BCUT2D eigenvalue weighted by Gasteiger charge is -2.32. The number of carbonyl (C=O) groups excluding carboxylic acids is 2. The third kappa shape index (κ3) is 7.67. The van der Waals surface area contributed by atoms with Crippen LogP contribution in [0.2, 0.25) is 5.28 Å². The molecule has 3 fully saturated rings. The average Bonchev–Trinajstić information content (AvgIpc) is 3.88. The van der Waals surface area contributed by atoms with E-state index in [1.807, 2.05) is 31.3 Å². The van der Waals surface area contributed by atoms with Crippen LogP contribution in [0.4, 0.5) is 17.6 Å². The molecule has 4 aromatic rings. The van der Waals surface area contributed by atoms with E-state index in [0.29, 0.717) is 72.8 Å². The van der Waals surface area contributed by atoms with Crippen LogP contribution in [0.3, 0.4) is 0 Å². The predicted octanol–water partition coefficient (Wildman–Crippen LogP) is 3.52. The first-order valence-corrected chi connectivity index (χ1v) is 21.5. The van der Waals surface area contributed by atoms with E-state index < -0.39 is 21.6 Å². The molecule has 0 bridgehead atoms. The van der Waals surface area contributed by atoms with Crippen molar-refractivity contribution < 1.29 is 22.4 Å². The molecule has 0 aliphatic carbocycles. The van der Waals surface area contributed by atoms with E-state index in [-0.39, 0.29) is 35.1 Å². The number of fused-ring (bicyclic) bond motifs is 3. The highest BCUT2D eigenvalue weighted by molar-refractivity contribution is 7.85. The third-order valence-corrected chi connectivity index (χ3v) is 13.8. The first-order valence-electron chi connectivity index (χ1n) is 18.4. The lowest BCUT2D eigenvalue weighted by Crippen LogP contribution is -2.43. The Kier molecular flexibility index (Phi) is 10.5. The number of carbonyl (C=O) groups is 2. The number of halogens is 1. The number of benzene rings is 1. The van der Waals surface area contributed by atoms with E-state index >= 15 is 0 Å². The Balaban J connectivity index is 0.000000176. The molecule has 9 rings (SSSR count). The van der Waals surface area contributed by atoms with E-state index in [9.17, 15) is 18.0 Å². The quantitative estimate of drug-likeness (QED) is 0.271. The number of piperidine rings is 3. The number of amides is 2. The van der Waals surface area contributed by atoms with Crippen molar-refractivity contribution in [2.75, 3.05) is 67.3 Å². The van der Waals surface area contributed by atoms with E-state index in [0.717, 1.165) is 72.0 Å². The van der Waals surface area contributed by atoms with Crippen molar-refractivity contribution in [1.29, 1.82) is 0 Å². The lowest BCUT2D eigenvalue weighted by atomic mass is 9.97. The number of hydrogen-bond donors (Lipinski definition) is 2. The number of para-hydroxylation sites is 2. The molecule has 5 aliphatic heterocycles. The van der Waals surface area contributed by atoms with Crippen LogP contribution in [0.5, 0.6) is 0 Å². The van der Waals surface area contributed by atoms with Crippen molar-refractivity contribution in [3.05, 3.63) is 46.8 Å². The Morgan fingerprint density at radius 3 is 1.91 bits per heavy atom. The summed E-state index contributed by atoms with van der Waals surface area (Å²) in [5, 5.41) is 6.95. The summed E-state index contributed by atoms with van der Waals surface area (Å²) in [6.07, 6.45) is 5.72. The van der Waals surface area contributed by atoms with Gasteiger partial charge in [-0.2, -0.15) is 9.97 Å². The molecule has 3 aromatic heterocycles. The molecular formula is C36H43ClN10O5S2. The van der Waals surface area contributed by atoms with Gasteiger partial charge in [0.2, 0.25) is 23.0 Å². The smallest absolute Gasteiger partial charge is 0.227 e. The van der Waals surface area contributed by atoms with Gasteiger partial charge >= 0.3 is 0 Å². The SMILES string of the molecule is CN1C[C@@H](Nc2nc(Cl)nc3c2S(=O)CC3)CCC1=O.CN1C[C@@H](Nc2nc(N3CCC(c4nc5ccccc5o4)CC3)nc3c2S(=O)CC3)CCC1=O. The van der Waals surface area contributed by atoms with Gasteiger partial charge in [-0.25, -0.2) is 15.0 Å². The second-order valence-electron chi connectivity index (χ2n) is 14.5. The summed E-state index contributed by atoms with van der Waals surface area (Å²) in [6.45, 7) is 2.86. The van der Waals surface area contributed by atoms with E-state index in [2.05, 4.69) is 25.5 Å². The highest BCUT2D eigenvalue weighted by Crippen LogP contribution is 2.35. The third-order valence-electron chi connectivity index (χ3n) is 10.7. The molecule has 286 valence electrons. The fourth-order valence-corrected chi connectivity index (χ4v) is 10.5. The van der Waals surface area contributed by atoms with Crippen LogP contribution < -0.4 is 15.5 Å². The summed E-state index contributed by atoms with van der Waals surface area (Å²) in [4.78, 5) is 53.1. The number of nitrogens with zero attached hydrogens (tertiary/aromatic N) is 8. The molecule has 1 aromatic carbocycles. The maximum Gasteiger partial charge on any atom is 0.227 e. The number of likely N-dealkylation sites (N-methyl/N-ethyl adjacent to an activating group) is 2. The molecule has 2 unspecified atom stereocenters. The van der Waals surface area contributed by atoms with Gasteiger partial charge in [0.1, 0.15) is 26.9 Å². The second-order valence-corrected chi connectivity index (χ2v) is 17.8. The number of oxazole rings is 1. The maximum atomic E-state index is 12.7. The Bertz CT molecular complexity index is 2110. The van der Waals surface area contributed by atoms with Crippen LogP contribution in [0, 0.1) is 0 Å². The summed E-state index contributed by atoms with van der Waals surface area (Å²) in [7, 11) is 1.46. The van der Waals surface area contributed by atoms with Crippen molar-refractivity contribution in [3.8, 4) is 0 Å². The average molecular weight is 795 g/mol. The molecule has 4 atom stereocenters. The molecule has 2 N–H and O–H groups in total. The summed E-state index contributed by atoms with van der Waals surface area (Å²) in [6, 6.07) is 8.07. The minimum Gasteiger partial charge on any atom is -0.440 e. The molecule has 15 nitrogen and oxygen atoms in total. The number of anilines is 3. The number of likely N-dealkylation sites (tertiary alicyclic amines) is 2. The zero-order valence-corrected chi connectivity index (χ0v) is 32.6. The van der Waals surface area contributed by atoms with Crippen molar-refractivity contribution in [2.45, 2.75) is 79.2 Å². The second kappa shape index (κ2) is 15.5. The first kappa shape index (κ1) is 36.7. The Labute approximate surface area is 323 Å². The normalized spacial score (nSPS) is 24.3. The van der Waals surface area contributed by atoms with Gasteiger partial charge in [0, 0.05) is 95.5 Å². The monoisotopic (exact) mass is 794 g/mol. The van der Waals surface area contributed by atoms with Gasteiger partial charge in [0.25, 0.3) is 0 Å². The van der Waals surface area contributed by atoms with Crippen molar-refractivity contribution in [1.82, 2.24) is 34.7 Å². The fraction of sp³-hybridized carbons (Fsp3) is 0.528. The zero-order valence-electron chi connectivity index (χ0n) is 30.3. The number of aromatic nitrogens is 5. The molecule has 2 amide bonds. The van der Waals surface area contributed by atoms with Gasteiger partial charge in [-0.3, -0.25) is 18.0 Å². The Morgan fingerprint density at radius 2 is 1.31 bits per heavy atom. The minimum atomic E-state index is -1.09. The van der Waals surface area contributed by atoms with Gasteiger partial charge in [-0.1, -0.05) is 12.1 Å². The van der Waals surface area contributed by atoms with Gasteiger partial charge in [-0.15, -0.1) is 0 Å². The summed E-state index contributed by atoms with van der Waals surface area (Å²) >= 11 is 5.92. The van der Waals surface area contributed by atoms with E-state index in [1.165, 1.54) is 0 Å². The van der Waals surface area contributed by atoms with E-state index in [1.54, 1.807) is 16.8 Å². The van der Waals surface area contributed by atoms with Crippen LogP contribution in [-0.4, -0.2) is 119 Å². The van der Waals surface area contributed by atoms with Crippen LogP contribution in [-0.2, 0) is 44.0 Å². The molecular weight excluding hydrogens is 752 g/mol. The van der Waals surface area contributed by atoms with Crippen LogP contribution in [0.25, 0.3) is 11.1 Å². The minimum absolute atomic E-state index is 0.0945.